The van der Waals surface area contributed by atoms with E-state index in [-0.39, 0.29) is 6.10 Å². The lowest BCUT2D eigenvalue weighted by Crippen LogP contribution is -2.18. The van der Waals surface area contributed by atoms with Crippen LogP contribution >= 0.6 is 7.82 Å². The van der Waals surface area contributed by atoms with Crippen LogP contribution in [0.4, 0.5) is 0 Å². The Labute approximate surface area is 84.6 Å². The van der Waals surface area contributed by atoms with Crippen molar-refractivity contribution in [2.75, 3.05) is 14.1 Å². The fourth-order valence-corrected chi connectivity index (χ4v) is 2.62. The monoisotopic (exact) mass is 223 g/mol. The van der Waals surface area contributed by atoms with Gasteiger partial charge in [0.25, 0.3) is 0 Å². The maximum atomic E-state index is 11.4. The maximum Gasteiger partial charge on any atom is 0.489 e. The molecule has 14 heavy (non-hydrogen) atoms. The molecule has 0 aromatic heterocycles. The fourth-order valence-electron chi connectivity index (χ4n) is 1.58. The molecular weight excluding hydrogens is 205 g/mol. The first-order valence-corrected chi connectivity index (χ1v) is 6.37. The third-order valence-electron chi connectivity index (χ3n) is 2.10. The Hall–Kier alpha value is 0.0700. The molecule has 0 saturated heterocycles. The van der Waals surface area contributed by atoms with Crippen molar-refractivity contribution in [1.82, 2.24) is 5.06 Å². The number of phosphoric acid groups is 1. The average molecular weight is 223 g/mol. The number of rotatable bonds is 4. The molecule has 0 heterocycles. The summed E-state index contributed by atoms with van der Waals surface area (Å²) < 4.78 is 21.1. The first-order valence-electron chi connectivity index (χ1n) is 4.88. The second kappa shape index (κ2) is 5.24. The van der Waals surface area contributed by atoms with Gasteiger partial charge >= 0.3 is 7.82 Å². The smallest absolute Gasteiger partial charge is 0.301 e. The molecule has 0 amide bonds. The second-order valence-corrected chi connectivity index (χ2v) is 5.04. The zero-order valence-corrected chi connectivity index (χ0v) is 9.57. The molecular formula is C8H18NO4P. The first kappa shape index (κ1) is 12.1. The molecule has 1 fully saturated rings. The Morgan fingerprint density at radius 1 is 1.29 bits per heavy atom. The van der Waals surface area contributed by atoms with Crippen LogP contribution in [0.1, 0.15) is 32.1 Å². The van der Waals surface area contributed by atoms with Crippen LogP contribution in [0, 0.1) is 0 Å². The van der Waals surface area contributed by atoms with Crippen molar-refractivity contribution in [3.8, 4) is 0 Å². The lowest BCUT2D eigenvalue weighted by Gasteiger charge is -2.24. The highest BCUT2D eigenvalue weighted by Gasteiger charge is 2.28. The van der Waals surface area contributed by atoms with E-state index in [1.165, 1.54) is 11.5 Å². The summed E-state index contributed by atoms with van der Waals surface area (Å²) >= 11 is 0. The largest absolute Gasteiger partial charge is 0.489 e. The Morgan fingerprint density at radius 3 is 2.36 bits per heavy atom. The zero-order chi connectivity index (χ0) is 10.6. The number of hydroxylamine groups is 2. The van der Waals surface area contributed by atoms with Gasteiger partial charge in [0.1, 0.15) is 0 Å². The van der Waals surface area contributed by atoms with E-state index in [4.69, 9.17) is 4.52 Å². The van der Waals surface area contributed by atoms with Crippen molar-refractivity contribution in [3.05, 3.63) is 0 Å². The molecule has 1 rings (SSSR count). The topological polar surface area (TPSA) is 59.0 Å². The average Bonchev–Trinajstić information content (AvgIpc) is 2.02. The number of hydrogen-bond acceptors (Lipinski definition) is 4. The Bertz CT molecular complexity index is 215. The second-order valence-electron chi connectivity index (χ2n) is 3.73. The summed E-state index contributed by atoms with van der Waals surface area (Å²) in [6.07, 6.45) is 4.88. The summed E-state index contributed by atoms with van der Waals surface area (Å²) in [7, 11) is -0.794. The van der Waals surface area contributed by atoms with Crippen LogP contribution in [0.25, 0.3) is 0 Å². The quantitative estimate of drug-likeness (QED) is 0.583. The Kier molecular flexibility index (Phi) is 4.54. The molecule has 0 radical (unpaired) electrons. The summed E-state index contributed by atoms with van der Waals surface area (Å²) in [5.41, 5.74) is 0. The van der Waals surface area contributed by atoms with Gasteiger partial charge in [0, 0.05) is 14.1 Å². The van der Waals surface area contributed by atoms with Crippen LogP contribution in [0.5, 0.6) is 0 Å². The number of phosphoric ester groups is 1. The third kappa shape index (κ3) is 4.53. The molecule has 84 valence electrons. The molecule has 1 saturated carbocycles. The molecule has 1 aliphatic rings. The Balaban J connectivity index is 2.36. The highest BCUT2D eigenvalue weighted by Crippen LogP contribution is 2.46. The fraction of sp³-hybridized carbons (Fsp3) is 1.00. The maximum absolute atomic E-state index is 11.4. The van der Waals surface area contributed by atoms with E-state index in [1.54, 1.807) is 14.1 Å². The summed E-state index contributed by atoms with van der Waals surface area (Å²) in [5, 5.41) is 1.18. The molecule has 1 unspecified atom stereocenters. The Morgan fingerprint density at radius 2 is 1.86 bits per heavy atom. The van der Waals surface area contributed by atoms with Gasteiger partial charge in [0.05, 0.1) is 6.10 Å². The third-order valence-corrected chi connectivity index (χ3v) is 3.20. The van der Waals surface area contributed by atoms with E-state index < -0.39 is 7.82 Å². The highest BCUT2D eigenvalue weighted by molar-refractivity contribution is 7.47. The molecule has 0 aliphatic heterocycles. The van der Waals surface area contributed by atoms with E-state index in [9.17, 15) is 9.46 Å². The van der Waals surface area contributed by atoms with Gasteiger partial charge in [-0.05, 0) is 12.8 Å². The molecule has 1 atom stereocenters. The molecule has 1 aliphatic carbocycles. The summed E-state index contributed by atoms with van der Waals surface area (Å²) in [5.74, 6) is 0. The molecule has 1 N–H and O–H groups in total. The summed E-state index contributed by atoms with van der Waals surface area (Å²) in [6.45, 7) is 0. The minimum Gasteiger partial charge on any atom is -0.301 e. The van der Waals surface area contributed by atoms with Gasteiger partial charge in [-0.15, -0.1) is 0 Å². The van der Waals surface area contributed by atoms with Crippen molar-refractivity contribution >= 4 is 7.82 Å². The van der Waals surface area contributed by atoms with E-state index in [1.807, 2.05) is 0 Å². The standard InChI is InChI=1S/C8H18NO4P/c1-9(2)13-14(10,11)12-8-6-4-3-5-7-8/h8H,3-7H2,1-2H3,(H,10,11). The van der Waals surface area contributed by atoms with Crippen LogP contribution < -0.4 is 0 Å². The van der Waals surface area contributed by atoms with Crippen LogP contribution in [-0.2, 0) is 13.7 Å². The van der Waals surface area contributed by atoms with Crippen LogP contribution in [0.15, 0.2) is 0 Å². The normalized spacial score (nSPS) is 23.7. The van der Waals surface area contributed by atoms with E-state index in [2.05, 4.69) is 4.62 Å². The lowest BCUT2D eigenvalue weighted by molar-refractivity contribution is -0.0523. The highest BCUT2D eigenvalue weighted by atomic mass is 31.2. The SMILES string of the molecule is CN(C)OP(=O)(O)OC1CCCCC1. The molecule has 0 aromatic rings. The molecule has 6 heteroatoms. The van der Waals surface area contributed by atoms with Crippen molar-refractivity contribution in [1.29, 1.82) is 0 Å². The van der Waals surface area contributed by atoms with Crippen molar-refractivity contribution < 1.29 is 18.6 Å². The zero-order valence-electron chi connectivity index (χ0n) is 8.68. The lowest BCUT2D eigenvalue weighted by atomic mass is 9.98. The molecule has 0 spiro atoms. The minimum atomic E-state index is -3.89. The summed E-state index contributed by atoms with van der Waals surface area (Å²) in [6, 6.07) is 0. The van der Waals surface area contributed by atoms with Gasteiger partial charge < -0.3 is 4.89 Å². The van der Waals surface area contributed by atoms with Crippen LogP contribution in [-0.4, -0.2) is 30.2 Å². The molecule has 0 aromatic carbocycles. The minimum absolute atomic E-state index is 0.125. The van der Waals surface area contributed by atoms with Crippen molar-refractivity contribution in [2.24, 2.45) is 0 Å². The van der Waals surface area contributed by atoms with Crippen LogP contribution in [0.2, 0.25) is 0 Å². The molecule has 0 bridgehead atoms. The van der Waals surface area contributed by atoms with Crippen molar-refractivity contribution in [2.45, 2.75) is 38.2 Å². The van der Waals surface area contributed by atoms with Gasteiger partial charge in [-0.1, -0.05) is 19.3 Å². The predicted octanol–water partition coefficient (Wildman–Crippen LogP) is 1.93. The van der Waals surface area contributed by atoms with Gasteiger partial charge in [-0.2, -0.15) is 9.69 Å². The van der Waals surface area contributed by atoms with Gasteiger partial charge in [0.2, 0.25) is 0 Å². The number of hydrogen-bond donors (Lipinski definition) is 1. The number of nitrogens with zero attached hydrogens (tertiary/aromatic N) is 1. The van der Waals surface area contributed by atoms with Gasteiger partial charge in [-0.3, -0.25) is 4.52 Å². The van der Waals surface area contributed by atoms with Gasteiger partial charge in [0.15, 0.2) is 0 Å². The van der Waals surface area contributed by atoms with E-state index in [0.717, 1.165) is 25.7 Å². The predicted molar refractivity (Wildman–Crippen MR) is 52.6 cm³/mol. The molecule has 5 nitrogen and oxygen atoms in total. The van der Waals surface area contributed by atoms with E-state index >= 15 is 0 Å². The van der Waals surface area contributed by atoms with Crippen LogP contribution in [0.3, 0.4) is 0 Å². The summed E-state index contributed by atoms with van der Waals surface area (Å²) in [4.78, 5) is 9.31. The first-order chi connectivity index (χ1) is 6.49. The van der Waals surface area contributed by atoms with E-state index in [0.29, 0.717) is 0 Å². The van der Waals surface area contributed by atoms with Crippen molar-refractivity contribution in [3.63, 3.8) is 0 Å². The van der Waals surface area contributed by atoms with Gasteiger partial charge in [-0.25, -0.2) is 4.57 Å².